The SMILES string of the molecule is CC(=O)N1CCCC1CC(C)C(=O)N1C[C@H](F)C[C@H]1C(=O)N[C@@H](c1ccccc1)c1ccc(C(C)C)cc1. The smallest absolute Gasteiger partial charge is 0.243 e. The van der Waals surface area contributed by atoms with Gasteiger partial charge in [-0.05, 0) is 41.9 Å². The lowest BCUT2D eigenvalue weighted by Gasteiger charge is -2.31. The molecule has 0 aliphatic carbocycles. The standard InChI is InChI=1S/C31H40FN3O3/c1-20(2)23-12-14-25(15-13-23)29(24-9-6-5-7-10-24)33-30(37)28-18-26(32)19-35(28)31(38)21(3)17-27-11-8-16-34(27)22(4)36/h5-7,9-10,12-15,20-21,26-29H,8,11,16-19H2,1-4H3,(H,33,37)/t21?,26-,27?,28+,29+/m1/s1. The highest BCUT2D eigenvalue weighted by atomic mass is 19.1. The van der Waals surface area contributed by atoms with Gasteiger partial charge in [0.05, 0.1) is 12.6 Å². The lowest BCUT2D eigenvalue weighted by Crippen LogP contribution is -2.49. The molecule has 7 heteroatoms. The van der Waals surface area contributed by atoms with Crippen LogP contribution in [0.4, 0.5) is 4.39 Å². The van der Waals surface area contributed by atoms with E-state index in [0.717, 1.165) is 24.0 Å². The van der Waals surface area contributed by atoms with Crippen LogP contribution in [0.1, 0.15) is 82.0 Å². The maximum atomic E-state index is 14.7. The lowest BCUT2D eigenvalue weighted by molar-refractivity contribution is -0.142. The minimum atomic E-state index is -1.25. The highest BCUT2D eigenvalue weighted by Gasteiger charge is 2.42. The first kappa shape index (κ1) is 27.8. The number of hydrogen-bond donors (Lipinski definition) is 1. The van der Waals surface area contributed by atoms with Crippen LogP contribution in [0.25, 0.3) is 0 Å². The van der Waals surface area contributed by atoms with Crippen molar-refractivity contribution in [3.63, 3.8) is 0 Å². The molecule has 0 bridgehead atoms. The van der Waals surface area contributed by atoms with Gasteiger partial charge in [0.2, 0.25) is 17.7 Å². The van der Waals surface area contributed by atoms with E-state index in [0.29, 0.717) is 18.9 Å². The Morgan fingerprint density at radius 2 is 1.58 bits per heavy atom. The van der Waals surface area contributed by atoms with Crippen LogP contribution in [0.2, 0.25) is 0 Å². The molecule has 204 valence electrons. The predicted molar refractivity (Wildman–Crippen MR) is 146 cm³/mol. The van der Waals surface area contributed by atoms with E-state index in [1.165, 1.54) is 10.5 Å². The molecule has 1 N–H and O–H groups in total. The number of nitrogens with zero attached hydrogens (tertiary/aromatic N) is 2. The van der Waals surface area contributed by atoms with Crippen molar-refractivity contribution in [2.24, 2.45) is 5.92 Å². The topological polar surface area (TPSA) is 69.7 Å². The van der Waals surface area contributed by atoms with E-state index in [1.807, 2.05) is 54.3 Å². The molecule has 0 saturated carbocycles. The maximum absolute atomic E-state index is 14.7. The van der Waals surface area contributed by atoms with Crippen molar-refractivity contribution in [3.05, 3.63) is 71.3 Å². The Bertz CT molecular complexity index is 1120. The molecule has 2 aromatic carbocycles. The quantitative estimate of drug-likeness (QED) is 0.532. The molecular formula is C31H40FN3O3. The van der Waals surface area contributed by atoms with Gasteiger partial charge in [-0.15, -0.1) is 0 Å². The summed E-state index contributed by atoms with van der Waals surface area (Å²) in [5.74, 6) is -0.573. The fraction of sp³-hybridized carbons (Fsp3) is 0.516. The summed E-state index contributed by atoms with van der Waals surface area (Å²) in [6.45, 7) is 8.27. The Morgan fingerprint density at radius 1 is 0.947 bits per heavy atom. The van der Waals surface area contributed by atoms with E-state index < -0.39 is 24.2 Å². The third kappa shape index (κ3) is 6.25. The Labute approximate surface area is 225 Å². The van der Waals surface area contributed by atoms with Crippen molar-refractivity contribution in [2.45, 2.75) is 83.6 Å². The number of carbonyl (C=O) groups excluding carboxylic acids is 3. The minimum Gasteiger partial charge on any atom is -0.343 e. The molecule has 2 unspecified atom stereocenters. The summed E-state index contributed by atoms with van der Waals surface area (Å²) in [7, 11) is 0. The van der Waals surface area contributed by atoms with Crippen LogP contribution in [-0.4, -0.2) is 58.9 Å². The van der Waals surface area contributed by atoms with Crippen LogP contribution in [0.3, 0.4) is 0 Å². The van der Waals surface area contributed by atoms with Gasteiger partial charge in [0.25, 0.3) is 0 Å². The number of carbonyl (C=O) groups is 3. The highest BCUT2D eigenvalue weighted by Crippen LogP contribution is 2.30. The first-order chi connectivity index (χ1) is 18.2. The summed E-state index contributed by atoms with van der Waals surface area (Å²) in [4.78, 5) is 42.3. The second-order valence-corrected chi connectivity index (χ2v) is 11.2. The second-order valence-electron chi connectivity index (χ2n) is 11.2. The van der Waals surface area contributed by atoms with Crippen molar-refractivity contribution >= 4 is 17.7 Å². The number of hydrogen-bond acceptors (Lipinski definition) is 3. The number of amides is 3. The minimum absolute atomic E-state index is 0.0128. The Hall–Kier alpha value is -3.22. The van der Waals surface area contributed by atoms with Gasteiger partial charge in [0, 0.05) is 31.8 Å². The van der Waals surface area contributed by atoms with E-state index in [1.54, 1.807) is 6.92 Å². The zero-order valence-electron chi connectivity index (χ0n) is 22.9. The van der Waals surface area contributed by atoms with E-state index in [4.69, 9.17) is 0 Å². The van der Waals surface area contributed by atoms with Crippen LogP contribution in [0.5, 0.6) is 0 Å². The first-order valence-electron chi connectivity index (χ1n) is 13.8. The molecule has 0 radical (unpaired) electrons. The molecule has 0 aromatic heterocycles. The zero-order valence-corrected chi connectivity index (χ0v) is 22.9. The highest BCUT2D eigenvalue weighted by molar-refractivity contribution is 5.89. The van der Waals surface area contributed by atoms with Gasteiger partial charge in [-0.2, -0.15) is 0 Å². The molecule has 38 heavy (non-hydrogen) atoms. The molecular weight excluding hydrogens is 481 g/mol. The summed E-state index contributed by atoms with van der Waals surface area (Å²) in [6, 6.07) is 16.6. The number of halogens is 1. The number of alkyl halides is 1. The average molecular weight is 522 g/mol. The third-order valence-electron chi connectivity index (χ3n) is 8.02. The molecule has 2 saturated heterocycles. The Kier molecular flexibility index (Phi) is 8.85. The average Bonchev–Trinajstić information content (AvgIpc) is 3.54. The van der Waals surface area contributed by atoms with Crippen molar-refractivity contribution in [3.8, 4) is 0 Å². The molecule has 3 amide bonds. The molecule has 2 aliphatic rings. The predicted octanol–water partition coefficient (Wildman–Crippen LogP) is 4.99. The van der Waals surface area contributed by atoms with Crippen molar-refractivity contribution in [2.75, 3.05) is 13.1 Å². The molecule has 2 aliphatic heterocycles. The Balaban J connectivity index is 1.51. The number of benzene rings is 2. The summed E-state index contributed by atoms with van der Waals surface area (Å²) in [6.07, 6.45) is 1.05. The number of likely N-dealkylation sites (tertiary alicyclic amines) is 2. The van der Waals surface area contributed by atoms with Gasteiger partial charge in [0.15, 0.2) is 0 Å². The molecule has 5 atom stereocenters. The normalized spacial score (nSPS) is 22.9. The van der Waals surface area contributed by atoms with Gasteiger partial charge in [0.1, 0.15) is 12.2 Å². The van der Waals surface area contributed by atoms with Crippen LogP contribution in [0.15, 0.2) is 54.6 Å². The monoisotopic (exact) mass is 521 g/mol. The van der Waals surface area contributed by atoms with Gasteiger partial charge < -0.3 is 15.1 Å². The van der Waals surface area contributed by atoms with Crippen molar-refractivity contribution in [1.82, 2.24) is 15.1 Å². The first-order valence-corrected chi connectivity index (χ1v) is 13.8. The second kappa shape index (κ2) is 12.1. The van der Waals surface area contributed by atoms with Crippen LogP contribution in [-0.2, 0) is 14.4 Å². The van der Waals surface area contributed by atoms with E-state index >= 15 is 0 Å². The number of rotatable bonds is 8. The van der Waals surface area contributed by atoms with Crippen molar-refractivity contribution < 1.29 is 18.8 Å². The van der Waals surface area contributed by atoms with Crippen molar-refractivity contribution in [1.29, 1.82) is 0 Å². The molecule has 6 nitrogen and oxygen atoms in total. The largest absolute Gasteiger partial charge is 0.343 e. The van der Waals surface area contributed by atoms with E-state index in [-0.39, 0.29) is 36.7 Å². The van der Waals surface area contributed by atoms with Crippen LogP contribution < -0.4 is 5.32 Å². The summed E-state index contributed by atoms with van der Waals surface area (Å²) in [5, 5.41) is 3.13. The molecule has 4 rings (SSSR count). The van der Waals surface area contributed by atoms with Gasteiger partial charge in [-0.1, -0.05) is 75.4 Å². The van der Waals surface area contributed by atoms with Gasteiger partial charge in [-0.25, -0.2) is 4.39 Å². The molecule has 2 heterocycles. The van der Waals surface area contributed by atoms with Gasteiger partial charge >= 0.3 is 0 Å². The van der Waals surface area contributed by atoms with E-state index in [9.17, 15) is 18.8 Å². The fourth-order valence-corrected chi connectivity index (χ4v) is 5.88. The fourth-order valence-electron chi connectivity index (χ4n) is 5.88. The molecule has 2 fully saturated rings. The zero-order chi connectivity index (χ0) is 27.4. The summed E-state index contributed by atoms with van der Waals surface area (Å²) in [5.41, 5.74) is 3.06. The third-order valence-corrected chi connectivity index (χ3v) is 8.02. The Morgan fingerprint density at radius 3 is 2.21 bits per heavy atom. The van der Waals surface area contributed by atoms with E-state index in [2.05, 4.69) is 31.3 Å². The number of nitrogens with one attached hydrogen (secondary N) is 1. The molecule has 2 aromatic rings. The summed E-state index contributed by atoms with van der Waals surface area (Å²) < 4.78 is 14.7. The van der Waals surface area contributed by atoms with Crippen LogP contribution >= 0.6 is 0 Å². The lowest BCUT2D eigenvalue weighted by atomic mass is 9.94. The molecule has 0 spiro atoms. The van der Waals surface area contributed by atoms with Gasteiger partial charge in [-0.3, -0.25) is 14.4 Å². The van der Waals surface area contributed by atoms with Crippen LogP contribution in [0, 0.1) is 5.92 Å². The maximum Gasteiger partial charge on any atom is 0.243 e. The summed E-state index contributed by atoms with van der Waals surface area (Å²) >= 11 is 0.